The molecule has 0 saturated carbocycles. The summed E-state index contributed by atoms with van der Waals surface area (Å²) in [5, 5.41) is 2.80. The van der Waals surface area contributed by atoms with Gasteiger partial charge in [0.2, 0.25) is 5.91 Å². The second-order valence-electron chi connectivity index (χ2n) is 7.36. The van der Waals surface area contributed by atoms with Crippen LogP contribution in [0.5, 0.6) is 0 Å². The molecule has 0 aromatic heterocycles. The molecule has 0 radical (unpaired) electrons. The highest BCUT2D eigenvalue weighted by molar-refractivity contribution is 7.99. The molecule has 1 N–H and O–H groups in total. The Hall–Kier alpha value is -1.78. The fourth-order valence-corrected chi connectivity index (χ4v) is 5.14. The molecule has 0 aliphatic carbocycles. The van der Waals surface area contributed by atoms with Gasteiger partial charge in [0.15, 0.2) is 0 Å². The average Bonchev–Trinajstić information content (AvgIpc) is 3.08. The predicted molar refractivity (Wildman–Crippen MR) is 108 cm³/mol. The van der Waals surface area contributed by atoms with Crippen molar-refractivity contribution >= 4 is 23.4 Å². The highest BCUT2D eigenvalue weighted by Crippen LogP contribution is 2.40. The molecule has 26 heavy (non-hydrogen) atoms. The lowest BCUT2D eigenvalue weighted by Crippen LogP contribution is -2.35. The highest BCUT2D eigenvalue weighted by atomic mass is 32.2. The summed E-state index contributed by atoms with van der Waals surface area (Å²) in [7, 11) is 0. The normalized spacial score (nSPS) is 22.8. The summed E-state index contributed by atoms with van der Waals surface area (Å²) in [5.74, 6) is -0.0381. The second kappa shape index (κ2) is 7.85. The van der Waals surface area contributed by atoms with Crippen LogP contribution >= 0.6 is 11.8 Å². The van der Waals surface area contributed by atoms with Crippen LogP contribution in [0.15, 0.2) is 58.3 Å². The molecule has 2 heterocycles. The van der Waals surface area contributed by atoms with Crippen molar-refractivity contribution in [3.63, 3.8) is 0 Å². The zero-order valence-electron chi connectivity index (χ0n) is 15.3. The molecule has 2 aliphatic heterocycles. The van der Waals surface area contributed by atoms with E-state index in [4.69, 9.17) is 0 Å². The first kappa shape index (κ1) is 17.6. The lowest BCUT2D eigenvalue weighted by molar-refractivity contribution is -0.114. The third-order valence-electron chi connectivity index (χ3n) is 5.52. The maximum Gasteiger partial charge on any atom is 0.221 e. The highest BCUT2D eigenvalue weighted by Gasteiger charge is 2.35. The van der Waals surface area contributed by atoms with Gasteiger partial charge in [-0.2, -0.15) is 0 Å². The molecular formula is C22H26N2OS. The standard InChI is InChI=1S/C22H26N2OS/c1-16(25)23-18-7-12-21(13-8-18)26-20-10-5-17(6-11-20)22-14-9-19-4-2-3-15-24(19)22/h5-8,10-13,19,22H,2-4,9,14-15H2,1H3,(H,23,25)/t19-,22+/m1/s1. The van der Waals surface area contributed by atoms with Crippen LogP contribution in [0.4, 0.5) is 5.69 Å². The van der Waals surface area contributed by atoms with E-state index >= 15 is 0 Å². The molecule has 136 valence electrons. The van der Waals surface area contributed by atoms with E-state index in [0.29, 0.717) is 6.04 Å². The van der Waals surface area contributed by atoms with Crippen LogP contribution in [0.3, 0.4) is 0 Å². The van der Waals surface area contributed by atoms with Crippen LogP contribution in [-0.4, -0.2) is 23.4 Å². The van der Waals surface area contributed by atoms with E-state index in [1.54, 1.807) is 11.8 Å². The van der Waals surface area contributed by atoms with Crippen LogP contribution in [0, 0.1) is 0 Å². The van der Waals surface area contributed by atoms with Crippen molar-refractivity contribution in [1.29, 1.82) is 0 Å². The Labute approximate surface area is 160 Å². The Morgan fingerprint density at radius 2 is 1.65 bits per heavy atom. The van der Waals surface area contributed by atoms with E-state index in [-0.39, 0.29) is 5.91 Å². The molecule has 0 spiro atoms. The zero-order valence-corrected chi connectivity index (χ0v) is 16.1. The molecule has 2 aromatic carbocycles. The van der Waals surface area contributed by atoms with Crippen molar-refractivity contribution in [2.75, 3.05) is 11.9 Å². The molecular weight excluding hydrogens is 340 g/mol. The van der Waals surface area contributed by atoms with Crippen LogP contribution in [-0.2, 0) is 4.79 Å². The van der Waals surface area contributed by atoms with E-state index < -0.39 is 0 Å². The molecule has 3 nitrogen and oxygen atoms in total. The van der Waals surface area contributed by atoms with E-state index in [2.05, 4.69) is 46.6 Å². The lowest BCUT2D eigenvalue weighted by Gasteiger charge is -2.34. The minimum Gasteiger partial charge on any atom is -0.326 e. The largest absolute Gasteiger partial charge is 0.326 e. The first-order valence-corrected chi connectivity index (χ1v) is 10.4. The minimum atomic E-state index is -0.0381. The number of anilines is 1. The van der Waals surface area contributed by atoms with Gasteiger partial charge < -0.3 is 5.32 Å². The number of nitrogens with zero attached hydrogens (tertiary/aromatic N) is 1. The van der Waals surface area contributed by atoms with E-state index in [0.717, 1.165) is 11.7 Å². The topological polar surface area (TPSA) is 32.3 Å². The maximum atomic E-state index is 11.1. The Morgan fingerprint density at radius 1 is 0.962 bits per heavy atom. The molecule has 2 atom stereocenters. The minimum absolute atomic E-state index is 0.0381. The van der Waals surface area contributed by atoms with Crippen LogP contribution < -0.4 is 5.32 Å². The fraction of sp³-hybridized carbons (Fsp3) is 0.409. The summed E-state index contributed by atoms with van der Waals surface area (Å²) in [6.07, 6.45) is 6.82. The van der Waals surface area contributed by atoms with Gasteiger partial charge in [-0.25, -0.2) is 0 Å². The average molecular weight is 367 g/mol. The number of rotatable bonds is 4. The number of hydrogen-bond donors (Lipinski definition) is 1. The van der Waals surface area contributed by atoms with Gasteiger partial charge in [-0.1, -0.05) is 30.3 Å². The van der Waals surface area contributed by atoms with Crippen LogP contribution in [0.25, 0.3) is 0 Å². The smallest absolute Gasteiger partial charge is 0.221 e. The molecule has 2 saturated heterocycles. The number of carbonyl (C=O) groups excluding carboxylic acids is 1. The molecule has 4 rings (SSSR count). The number of fused-ring (bicyclic) bond motifs is 1. The maximum absolute atomic E-state index is 11.1. The Balaban J connectivity index is 1.41. The third kappa shape index (κ3) is 3.97. The number of benzene rings is 2. The molecule has 1 amide bonds. The van der Waals surface area contributed by atoms with Crippen molar-refractivity contribution in [1.82, 2.24) is 4.90 Å². The number of carbonyl (C=O) groups is 1. The van der Waals surface area contributed by atoms with Gasteiger partial charge >= 0.3 is 0 Å². The SMILES string of the molecule is CC(=O)Nc1ccc(Sc2ccc([C@@H]3CC[C@H]4CCCCN43)cc2)cc1. The van der Waals surface area contributed by atoms with Crippen molar-refractivity contribution in [3.8, 4) is 0 Å². The van der Waals surface area contributed by atoms with Gasteiger partial charge in [0, 0.05) is 34.5 Å². The van der Waals surface area contributed by atoms with Crippen LogP contribution in [0.2, 0.25) is 0 Å². The van der Waals surface area contributed by atoms with Crippen molar-refractivity contribution in [2.45, 2.75) is 60.9 Å². The summed E-state index contributed by atoms with van der Waals surface area (Å²) < 4.78 is 0. The first-order chi connectivity index (χ1) is 12.7. The van der Waals surface area contributed by atoms with Gasteiger partial charge in [0.25, 0.3) is 0 Å². The zero-order chi connectivity index (χ0) is 17.9. The van der Waals surface area contributed by atoms with Gasteiger partial charge in [0.1, 0.15) is 0 Å². The lowest BCUT2D eigenvalue weighted by atomic mass is 10.0. The first-order valence-electron chi connectivity index (χ1n) is 9.60. The number of nitrogens with one attached hydrogen (secondary N) is 1. The number of amides is 1. The molecule has 0 bridgehead atoms. The van der Waals surface area contributed by atoms with Crippen molar-refractivity contribution in [3.05, 3.63) is 54.1 Å². The molecule has 4 heteroatoms. The van der Waals surface area contributed by atoms with E-state index in [9.17, 15) is 4.79 Å². The third-order valence-corrected chi connectivity index (χ3v) is 6.54. The monoisotopic (exact) mass is 366 g/mol. The van der Waals surface area contributed by atoms with Crippen LogP contribution in [0.1, 0.15) is 50.6 Å². The molecule has 2 aromatic rings. The van der Waals surface area contributed by atoms with E-state index in [1.807, 2.05) is 12.1 Å². The summed E-state index contributed by atoms with van der Waals surface area (Å²) in [6.45, 7) is 2.80. The number of piperidine rings is 1. The Bertz CT molecular complexity index is 757. The van der Waals surface area contributed by atoms with Crippen molar-refractivity contribution in [2.24, 2.45) is 0 Å². The molecule has 0 unspecified atom stereocenters. The summed E-state index contributed by atoms with van der Waals surface area (Å²) in [4.78, 5) is 16.3. The molecule has 2 aliphatic rings. The molecule has 2 fully saturated rings. The number of hydrogen-bond acceptors (Lipinski definition) is 3. The van der Waals surface area contributed by atoms with Gasteiger partial charge in [-0.15, -0.1) is 0 Å². The summed E-state index contributed by atoms with van der Waals surface area (Å²) in [5.41, 5.74) is 2.31. The Kier molecular flexibility index (Phi) is 5.32. The van der Waals surface area contributed by atoms with Gasteiger partial charge in [0.05, 0.1) is 0 Å². The second-order valence-corrected chi connectivity index (χ2v) is 8.50. The quantitative estimate of drug-likeness (QED) is 0.777. The van der Waals surface area contributed by atoms with Gasteiger partial charge in [-0.05, 0) is 74.2 Å². The Morgan fingerprint density at radius 3 is 2.35 bits per heavy atom. The van der Waals surface area contributed by atoms with E-state index in [1.165, 1.54) is 60.9 Å². The summed E-state index contributed by atoms with van der Waals surface area (Å²) >= 11 is 1.76. The van der Waals surface area contributed by atoms with Gasteiger partial charge in [-0.3, -0.25) is 9.69 Å². The van der Waals surface area contributed by atoms with Crippen molar-refractivity contribution < 1.29 is 4.79 Å². The fourth-order valence-electron chi connectivity index (χ4n) is 4.32. The summed E-state index contributed by atoms with van der Waals surface area (Å²) in [6, 6.07) is 18.6. The predicted octanol–water partition coefficient (Wildman–Crippen LogP) is 5.49.